The molecule has 0 spiro atoms. The van der Waals surface area contributed by atoms with Crippen molar-refractivity contribution in [3.05, 3.63) is 46.6 Å². The third-order valence-corrected chi connectivity index (χ3v) is 3.33. The van der Waals surface area contributed by atoms with E-state index >= 15 is 0 Å². The molecule has 6 nitrogen and oxygen atoms in total. The number of nitrogens with zero attached hydrogens (tertiary/aromatic N) is 3. The minimum Gasteiger partial charge on any atom is -0.397 e. The van der Waals surface area contributed by atoms with E-state index in [4.69, 9.17) is 5.11 Å². The zero-order valence-electron chi connectivity index (χ0n) is 13.0. The minimum absolute atomic E-state index is 0.0452. The number of hydrogen-bond donors (Lipinski definition) is 2. The SMILES string of the molecule is CC(C)n1c(=O)c2c(CO)ncn2c2ccccc21.CCO. The van der Waals surface area contributed by atoms with Crippen molar-refractivity contribution in [3.63, 3.8) is 0 Å². The molecule has 0 bridgehead atoms. The van der Waals surface area contributed by atoms with Crippen molar-refractivity contribution >= 4 is 16.6 Å². The van der Waals surface area contributed by atoms with Crippen molar-refractivity contribution in [3.8, 4) is 0 Å². The average molecular weight is 303 g/mol. The monoisotopic (exact) mass is 303 g/mol. The second-order valence-corrected chi connectivity index (χ2v) is 5.14. The van der Waals surface area contributed by atoms with E-state index in [0.29, 0.717) is 11.2 Å². The van der Waals surface area contributed by atoms with Crippen molar-refractivity contribution in [2.24, 2.45) is 0 Å². The molecule has 0 atom stereocenters. The fourth-order valence-corrected chi connectivity index (χ4v) is 2.52. The molecule has 3 rings (SSSR count). The second-order valence-electron chi connectivity index (χ2n) is 5.14. The standard InChI is InChI=1S/C14H15N3O2.C2H6O/c1-9(2)17-12-6-4-3-5-11(12)16-8-15-10(7-18)13(16)14(17)19;1-2-3/h3-6,8-9,18H,7H2,1-2H3;3H,2H2,1H3. The Hall–Kier alpha value is -2.18. The predicted molar refractivity (Wildman–Crippen MR) is 86.0 cm³/mol. The molecule has 0 aliphatic heterocycles. The summed E-state index contributed by atoms with van der Waals surface area (Å²) in [7, 11) is 0. The van der Waals surface area contributed by atoms with Crippen LogP contribution >= 0.6 is 0 Å². The van der Waals surface area contributed by atoms with Gasteiger partial charge in [-0.25, -0.2) is 4.98 Å². The molecule has 0 saturated heterocycles. The van der Waals surface area contributed by atoms with Crippen LogP contribution < -0.4 is 5.56 Å². The van der Waals surface area contributed by atoms with Crippen molar-refractivity contribution in [2.75, 3.05) is 6.61 Å². The van der Waals surface area contributed by atoms with Crippen molar-refractivity contribution < 1.29 is 10.2 Å². The first-order chi connectivity index (χ1) is 10.6. The zero-order valence-corrected chi connectivity index (χ0v) is 13.0. The Morgan fingerprint density at radius 1 is 1.18 bits per heavy atom. The van der Waals surface area contributed by atoms with E-state index in [0.717, 1.165) is 11.0 Å². The number of imidazole rings is 1. The summed E-state index contributed by atoms with van der Waals surface area (Å²) in [5, 5.41) is 16.9. The van der Waals surface area contributed by atoms with Gasteiger partial charge in [-0.3, -0.25) is 9.20 Å². The van der Waals surface area contributed by atoms with Gasteiger partial charge in [-0.15, -0.1) is 0 Å². The highest BCUT2D eigenvalue weighted by Crippen LogP contribution is 2.19. The van der Waals surface area contributed by atoms with Crippen LogP contribution in [0, 0.1) is 0 Å². The smallest absolute Gasteiger partial charge is 0.277 e. The van der Waals surface area contributed by atoms with Crippen LogP contribution in [0.3, 0.4) is 0 Å². The minimum atomic E-state index is -0.234. The molecule has 0 unspecified atom stereocenters. The number of hydrogen-bond acceptors (Lipinski definition) is 4. The third kappa shape index (κ3) is 2.63. The summed E-state index contributed by atoms with van der Waals surface area (Å²) in [4.78, 5) is 16.7. The van der Waals surface area contributed by atoms with Gasteiger partial charge in [0.25, 0.3) is 5.56 Å². The molecule has 0 aliphatic carbocycles. The Bertz CT molecular complexity index is 834. The maximum absolute atomic E-state index is 12.6. The van der Waals surface area contributed by atoms with E-state index in [-0.39, 0.29) is 24.8 Å². The van der Waals surface area contributed by atoms with E-state index in [1.807, 2.05) is 38.1 Å². The van der Waals surface area contributed by atoms with Gasteiger partial charge >= 0.3 is 0 Å². The lowest BCUT2D eigenvalue weighted by Gasteiger charge is -2.15. The molecule has 2 aromatic heterocycles. The molecule has 118 valence electrons. The summed E-state index contributed by atoms with van der Waals surface area (Å²) in [5.74, 6) is 0. The molecule has 1 aromatic carbocycles. The summed E-state index contributed by atoms with van der Waals surface area (Å²) in [5.41, 5.74) is 2.55. The fourth-order valence-electron chi connectivity index (χ4n) is 2.52. The quantitative estimate of drug-likeness (QED) is 0.755. The van der Waals surface area contributed by atoms with Gasteiger partial charge in [-0.05, 0) is 32.9 Å². The Balaban J connectivity index is 0.000000545. The van der Waals surface area contributed by atoms with E-state index in [1.165, 1.54) is 0 Å². The van der Waals surface area contributed by atoms with Gasteiger partial charge in [0.15, 0.2) is 0 Å². The van der Waals surface area contributed by atoms with Crippen LogP contribution in [0.15, 0.2) is 35.4 Å². The molecule has 2 heterocycles. The Labute approximate surface area is 128 Å². The number of aromatic nitrogens is 3. The molecule has 0 aliphatic rings. The molecular formula is C16H21N3O3. The molecule has 0 fully saturated rings. The number of fused-ring (bicyclic) bond motifs is 3. The third-order valence-electron chi connectivity index (χ3n) is 3.33. The van der Waals surface area contributed by atoms with Gasteiger partial charge in [0, 0.05) is 12.6 Å². The lowest BCUT2D eigenvalue weighted by atomic mass is 10.2. The van der Waals surface area contributed by atoms with Gasteiger partial charge in [0.1, 0.15) is 11.8 Å². The van der Waals surface area contributed by atoms with Crippen molar-refractivity contribution in [2.45, 2.75) is 33.4 Å². The fraction of sp³-hybridized carbons (Fsp3) is 0.375. The largest absolute Gasteiger partial charge is 0.397 e. The highest BCUT2D eigenvalue weighted by Gasteiger charge is 2.16. The van der Waals surface area contributed by atoms with Crippen LogP contribution in [0.5, 0.6) is 0 Å². The first kappa shape index (κ1) is 16.2. The Morgan fingerprint density at radius 3 is 2.32 bits per heavy atom. The number of benzene rings is 1. The van der Waals surface area contributed by atoms with Crippen molar-refractivity contribution in [1.29, 1.82) is 0 Å². The van der Waals surface area contributed by atoms with Gasteiger partial charge in [-0.1, -0.05) is 12.1 Å². The highest BCUT2D eigenvalue weighted by atomic mass is 16.3. The zero-order chi connectivity index (χ0) is 16.3. The predicted octanol–water partition coefficient (Wildman–Crippen LogP) is 1.72. The van der Waals surface area contributed by atoms with Gasteiger partial charge in [-0.2, -0.15) is 0 Å². The number of para-hydroxylation sites is 2. The maximum Gasteiger partial charge on any atom is 0.277 e. The van der Waals surface area contributed by atoms with Crippen LogP contribution in [0.2, 0.25) is 0 Å². The second kappa shape index (κ2) is 6.72. The van der Waals surface area contributed by atoms with Crippen LogP contribution in [0.1, 0.15) is 32.5 Å². The topological polar surface area (TPSA) is 79.8 Å². The number of aliphatic hydroxyl groups is 2. The summed E-state index contributed by atoms with van der Waals surface area (Å²) < 4.78 is 3.49. The number of rotatable bonds is 2. The van der Waals surface area contributed by atoms with Crippen LogP contribution in [0.4, 0.5) is 0 Å². The lowest BCUT2D eigenvalue weighted by Crippen LogP contribution is -2.25. The molecule has 22 heavy (non-hydrogen) atoms. The summed E-state index contributed by atoms with van der Waals surface area (Å²) >= 11 is 0. The molecule has 0 radical (unpaired) electrons. The normalized spacial score (nSPS) is 11.0. The first-order valence-corrected chi connectivity index (χ1v) is 7.27. The molecule has 2 N–H and O–H groups in total. The van der Waals surface area contributed by atoms with E-state index in [1.54, 1.807) is 22.2 Å². The molecule has 3 aromatic rings. The Morgan fingerprint density at radius 2 is 1.77 bits per heavy atom. The van der Waals surface area contributed by atoms with Gasteiger partial charge in [0.2, 0.25) is 0 Å². The lowest BCUT2D eigenvalue weighted by molar-refractivity contribution is 0.279. The highest BCUT2D eigenvalue weighted by molar-refractivity contribution is 5.79. The van der Waals surface area contributed by atoms with E-state index < -0.39 is 0 Å². The molecular weight excluding hydrogens is 282 g/mol. The average Bonchev–Trinajstić information content (AvgIpc) is 2.92. The summed E-state index contributed by atoms with van der Waals surface area (Å²) in [6.45, 7) is 5.64. The van der Waals surface area contributed by atoms with Crippen LogP contribution in [-0.2, 0) is 6.61 Å². The first-order valence-electron chi connectivity index (χ1n) is 7.27. The van der Waals surface area contributed by atoms with Crippen molar-refractivity contribution in [1.82, 2.24) is 14.0 Å². The van der Waals surface area contributed by atoms with Gasteiger partial charge in [0.05, 0.1) is 23.3 Å². The van der Waals surface area contributed by atoms with E-state index in [9.17, 15) is 9.90 Å². The molecule has 0 saturated carbocycles. The Kier molecular flexibility index (Phi) is 4.95. The van der Waals surface area contributed by atoms with Gasteiger partial charge < -0.3 is 14.8 Å². The molecule has 6 heteroatoms. The maximum atomic E-state index is 12.6. The number of aliphatic hydroxyl groups excluding tert-OH is 2. The summed E-state index contributed by atoms with van der Waals surface area (Å²) in [6.07, 6.45) is 1.59. The van der Waals surface area contributed by atoms with Crippen LogP contribution in [0.25, 0.3) is 16.6 Å². The molecule has 0 amide bonds. The van der Waals surface area contributed by atoms with Crippen LogP contribution in [-0.4, -0.2) is 30.8 Å². The summed E-state index contributed by atoms with van der Waals surface area (Å²) in [6, 6.07) is 7.76. The van der Waals surface area contributed by atoms with E-state index in [2.05, 4.69) is 4.98 Å².